The number of fused-ring (bicyclic) bond motifs is 1. The van der Waals surface area contributed by atoms with Crippen LogP contribution in [0.2, 0.25) is 0 Å². The third-order valence-corrected chi connectivity index (χ3v) is 4.88. The molecule has 3 aromatic rings. The van der Waals surface area contributed by atoms with Gasteiger partial charge in [0.2, 0.25) is 0 Å². The van der Waals surface area contributed by atoms with E-state index in [1.165, 1.54) is 6.92 Å². The van der Waals surface area contributed by atoms with Crippen LogP contribution in [-0.4, -0.2) is 53.2 Å². The summed E-state index contributed by atoms with van der Waals surface area (Å²) in [5.41, 5.74) is 0.284. The summed E-state index contributed by atoms with van der Waals surface area (Å²) >= 11 is 0. The first-order valence-electron chi connectivity index (χ1n) is 9.92. The number of aliphatic hydroxyl groups excluding tert-OH is 1. The molecule has 0 radical (unpaired) electrons. The van der Waals surface area contributed by atoms with Crippen LogP contribution in [-0.2, 0) is 16.1 Å². The van der Waals surface area contributed by atoms with Crippen molar-refractivity contribution in [2.45, 2.75) is 13.5 Å². The minimum Gasteiger partial charge on any atom is -0.457 e. The van der Waals surface area contributed by atoms with E-state index in [0.29, 0.717) is 54.3 Å². The maximum Gasteiger partial charge on any atom is 0.308 e. The van der Waals surface area contributed by atoms with Gasteiger partial charge >= 0.3 is 5.97 Å². The number of pyridine rings is 1. The summed E-state index contributed by atoms with van der Waals surface area (Å²) in [6.07, 6.45) is 0. The summed E-state index contributed by atoms with van der Waals surface area (Å²) in [6.45, 7) is 2.55. The number of aliphatic hydroxyl groups is 1. The number of nitrogens with zero attached hydrogens (tertiary/aromatic N) is 2. The van der Waals surface area contributed by atoms with Gasteiger partial charge in [0.1, 0.15) is 11.5 Å². The number of para-hydroxylation sites is 1. The van der Waals surface area contributed by atoms with Crippen LogP contribution in [0.3, 0.4) is 0 Å². The molecule has 1 aliphatic heterocycles. The van der Waals surface area contributed by atoms with Crippen LogP contribution in [0.5, 0.6) is 17.2 Å². The number of carbonyl (C=O) groups excluding carboxylic acids is 2. The number of ether oxygens (including phenoxy) is 3. The van der Waals surface area contributed by atoms with Gasteiger partial charge in [0.05, 0.1) is 25.5 Å². The molecule has 1 fully saturated rings. The fourth-order valence-electron chi connectivity index (χ4n) is 3.45. The van der Waals surface area contributed by atoms with Gasteiger partial charge in [-0.3, -0.25) is 9.59 Å². The molecule has 8 nitrogen and oxygen atoms in total. The summed E-state index contributed by atoms with van der Waals surface area (Å²) in [4.78, 5) is 30.9. The summed E-state index contributed by atoms with van der Waals surface area (Å²) < 4.78 is 16.6. The average Bonchev–Trinajstić information content (AvgIpc) is 2.79. The van der Waals surface area contributed by atoms with Gasteiger partial charge in [-0.05, 0) is 30.3 Å². The fraction of sp³-hybridized carbons (Fsp3) is 0.261. The first-order chi connectivity index (χ1) is 15.1. The summed E-state index contributed by atoms with van der Waals surface area (Å²) in [6, 6.07) is 14.4. The first kappa shape index (κ1) is 20.8. The van der Waals surface area contributed by atoms with Crippen molar-refractivity contribution in [3.63, 3.8) is 0 Å². The molecule has 0 bridgehead atoms. The van der Waals surface area contributed by atoms with Crippen molar-refractivity contribution in [3.8, 4) is 17.2 Å². The molecule has 4 rings (SSSR count). The van der Waals surface area contributed by atoms with Crippen LogP contribution in [0.1, 0.15) is 23.1 Å². The Morgan fingerprint density at radius 3 is 2.48 bits per heavy atom. The number of esters is 1. The van der Waals surface area contributed by atoms with E-state index in [1.807, 2.05) is 30.3 Å². The van der Waals surface area contributed by atoms with Gasteiger partial charge in [-0.15, -0.1) is 0 Å². The number of morpholine rings is 1. The smallest absolute Gasteiger partial charge is 0.308 e. The number of carbonyl (C=O) groups is 2. The van der Waals surface area contributed by atoms with Gasteiger partial charge in [-0.1, -0.05) is 18.2 Å². The summed E-state index contributed by atoms with van der Waals surface area (Å²) in [7, 11) is 0. The molecule has 1 N–H and O–H groups in total. The Hall–Kier alpha value is -3.49. The lowest BCUT2D eigenvalue weighted by molar-refractivity contribution is -0.131. The quantitative estimate of drug-likeness (QED) is 0.631. The zero-order valence-electron chi connectivity index (χ0n) is 17.0. The van der Waals surface area contributed by atoms with Crippen LogP contribution in [0.15, 0.2) is 48.5 Å². The van der Waals surface area contributed by atoms with Gasteiger partial charge in [-0.2, -0.15) is 0 Å². The molecule has 0 unspecified atom stereocenters. The number of hydrogen-bond acceptors (Lipinski definition) is 7. The molecule has 0 spiro atoms. The maximum absolute atomic E-state index is 13.1. The standard InChI is InChI=1S/C23H22N2O6/c1-15(27)30-22-18-8-7-17(31-16-5-3-2-4-6-16)13-19(18)20(14-26)24-21(22)23(28)25-9-11-29-12-10-25/h2-8,13,26H,9-12,14H2,1H3. The lowest BCUT2D eigenvalue weighted by Gasteiger charge is -2.27. The number of rotatable bonds is 5. The molecule has 1 aliphatic rings. The third-order valence-electron chi connectivity index (χ3n) is 4.88. The summed E-state index contributed by atoms with van der Waals surface area (Å²) in [5.74, 6) is 0.305. The maximum atomic E-state index is 13.1. The third kappa shape index (κ3) is 4.50. The zero-order chi connectivity index (χ0) is 21.8. The zero-order valence-corrected chi connectivity index (χ0v) is 17.0. The number of aromatic nitrogens is 1. The molecule has 1 amide bonds. The lowest BCUT2D eigenvalue weighted by atomic mass is 10.1. The number of benzene rings is 2. The van der Waals surface area contributed by atoms with Crippen LogP contribution in [0.4, 0.5) is 0 Å². The van der Waals surface area contributed by atoms with Crippen LogP contribution in [0, 0.1) is 0 Å². The normalized spacial score (nSPS) is 13.8. The number of amides is 1. The highest BCUT2D eigenvalue weighted by Gasteiger charge is 2.27. The van der Waals surface area contributed by atoms with E-state index >= 15 is 0 Å². The lowest BCUT2D eigenvalue weighted by Crippen LogP contribution is -2.41. The van der Waals surface area contributed by atoms with Crippen molar-refractivity contribution in [2.24, 2.45) is 0 Å². The van der Waals surface area contributed by atoms with Crippen molar-refractivity contribution in [1.29, 1.82) is 0 Å². The van der Waals surface area contributed by atoms with E-state index in [1.54, 1.807) is 23.1 Å². The first-order valence-corrected chi connectivity index (χ1v) is 9.92. The van der Waals surface area contributed by atoms with E-state index in [-0.39, 0.29) is 17.4 Å². The Morgan fingerprint density at radius 2 is 1.81 bits per heavy atom. The molecule has 0 saturated carbocycles. The van der Waals surface area contributed by atoms with E-state index in [9.17, 15) is 14.7 Å². The van der Waals surface area contributed by atoms with Crippen molar-refractivity contribution in [2.75, 3.05) is 26.3 Å². The SMILES string of the molecule is CC(=O)Oc1c(C(=O)N2CCOCC2)nc(CO)c2cc(Oc3ccccc3)ccc12. The van der Waals surface area contributed by atoms with Crippen LogP contribution < -0.4 is 9.47 Å². The topological polar surface area (TPSA) is 98.2 Å². The Morgan fingerprint density at radius 1 is 1.06 bits per heavy atom. The molecule has 1 aromatic heterocycles. The molecule has 0 aliphatic carbocycles. The predicted octanol–water partition coefficient (Wildman–Crippen LogP) is 2.92. The minimum atomic E-state index is -0.569. The molecular formula is C23H22N2O6. The second kappa shape index (κ2) is 9.11. The van der Waals surface area contributed by atoms with Crippen molar-refractivity contribution >= 4 is 22.6 Å². The van der Waals surface area contributed by atoms with E-state index in [0.717, 1.165) is 0 Å². The minimum absolute atomic E-state index is 0.00891. The highest BCUT2D eigenvalue weighted by molar-refractivity contribution is 6.04. The Labute approximate surface area is 179 Å². The predicted molar refractivity (Wildman–Crippen MR) is 112 cm³/mol. The van der Waals surface area contributed by atoms with Crippen LogP contribution in [0.25, 0.3) is 10.8 Å². The molecule has 8 heteroatoms. The second-order valence-corrected chi connectivity index (χ2v) is 7.02. The Bertz CT molecular complexity index is 1110. The Kier molecular flexibility index (Phi) is 6.11. The van der Waals surface area contributed by atoms with Gasteiger partial charge in [0.15, 0.2) is 11.4 Å². The molecule has 2 heterocycles. The Balaban J connectivity index is 1.81. The van der Waals surface area contributed by atoms with Gasteiger partial charge in [0, 0.05) is 30.8 Å². The van der Waals surface area contributed by atoms with Gasteiger partial charge in [0.25, 0.3) is 5.91 Å². The van der Waals surface area contributed by atoms with Gasteiger partial charge in [-0.25, -0.2) is 4.98 Å². The summed E-state index contributed by atoms with van der Waals surface area (Å²) in [5, 5.41) is 11.0. The fourth-order valence-corrected chi connectivity index (χ4v) is 3.45. The van der Waals surface area contributed by atoms with Crippen LogP contribution >= 0.6 is 0 Å². The highest BCUT2D eigenvalue weighted by Crippen LogP contribution is 2.35. The molecule has 31 heavy (non-hydrogen) atoms. The van der Waals surface area contributed by atoms with E-state index in [2.05, 4.69) is 4.98 Å². The monoisotopic (exact) mass is 422 g/mol. The van der Waals surface area contributed by atoms with Gasteiger partial charge < -0.3 is 24.2 Å². The highest BCUT2D eigenvalue weighted by atomic mass is 16.5. The van der Waals surface area contributed by atoms with Crippen molar-refractivity contribution < 1.29 is 28.9 Å². The largest absolute Gasteiger partial charge is 0.457 e. The second-order valence-electron chi connectivity index (χ2n) is 7.02. The van der Waals surface area contributed by atoms with Crippen molar-refractivity contribution in [1.82, 2.24) is 9.88 Å². The molecule has 2 aromatic carbocycles. The number of hydrogen-bond donors (Lipinski definition) is 1. The molecule has 160 valence electrons. The molecule has 1 saturated heterocycles. The van der Waals surface area contributed by atoms with E-state index < -0.39 is 12.6 Å². The van der Waals surface area contributed by atoms with E-state index in [4.69, 9.17) is 14.2 Å². The average molecular weight is 422 g/mol. The van der Waals surface area contributed by atoms with Crippen molar-refractivity contribution in [3.05, 3.63) is 59.9 Å². The molecule has 0 atom stereocenters. The molecular weight excluding hydrogens is 400 g/mol.